The minimum Gasteiger partial charge on any atom is -0.489 e. The monoisotopic (exact) mass is 333 g/mol. The minimum atomic E-state index is -0.204. The van der Waals surface area contributed by atoms with E-state index in [9.17, 15) is 4.79 Å². The smallest absolute Gasteiger partial charge is 0.255 e. The third kappa shape index (κ3) is 4.68. The first kappa shape index (κ1) is 16.7. The molecule has 0 aliphatic carbocycles. The molecule has 0 unspecified atom stereocenters. The number of aliphatic hydroxyl groups is 1. The van der Waals surface area contributed by atoms with E-state index in [0.717, 1.165) is 11.1 Å². The predicted octanol–water partition coefficient (Wildman–Crippen LogP) is 4.01. The van der Waals surface area contributed by atoms with Gasteiger partial charge in [0.1, 0.15) is 12.4 Å². The molecular weight excluding hydrogens is 314 g/mol. The number of hydrogen-bond acceptors (Lipinski definition) is 3. The molecule has 0 radical (unpaired) electrons. The van der Waals surface area contributed by atoms with Crippen LogP contribution in [0.1, 0.15) is 21.5 Å². The first-order valence-corrected chi connectivity index (χ1v) is 8.02. The van der Waals surface area contributed by atoms with Gasteiger partial charge in [-0.05, 0) is 47.5 Å². The summed E-state index contributed by atoms with van der Waals surface area (Å²) in [6.45, 7) is 0.428. The molecule has 2 N–H and O–H groups in total. The van der Waals surface area contributed by atoms with Crippen molar-refractivity contribution in [1.29, 1.82) is 0 Å². The van der Waals surface area contributed by atoms with Crippen molar-refractivity contribution in [2.75, 3.05) is 5.32 Å². The summed E-state index contributed by atoms with van der Waals surface area (Å²) in [4.78, 5) is 12.3. The molecule has 0 heterocycles. The highest BCUT2D eigenvalue weighted by Gasteiger charge is 2.07. The number of aliphatic hydroxyl groups excluding tert-OH is 1. The van der Waals surface area contributed by atoms with Crippen LogP contribution >= 0.6 is 0 Å². The number of anilines is 1. The van der Waals surface area contributed by atoms with Crippen molar-refractivity contribution in [3.8, 4) is 5.75 Å². The molecule has 3 rings (SSSR count). The average Bonchev–Trinajstić information content (AvgIpc) is 2.67. The molecule has 0 saturated heterocycles. The molecule has 0 saturated carbocycles. The molecule has 4 heteroatoms. The average molecular weight is 333 g/mol. The van der Waals surface area contributed by atoms with Crippen molar-refractivity contribution in [3.63, 3.8) is 0 Å². The first-order chi connectivity index (χ1) is 12.2. The summed E-state index contributed by atoms with van der Waals surface area (Å²) < 4.78 is 5.72. The maximum Gasteiger partial charge on any atom is 0.255 e. The van der Waals surface area contributed by atoms with Crippen molar-refractivity contribution in [3.05, 3.63) is 95.6 Å². The Bertz CT molecular complexity index is 829. The number of carbonyl (C=O) groups is 1. The summed E-state index contributed by atoms with van der Waals surface area (Å²) in [6.07, 6.45) is 0. The van der Waals surface area contributed by atoms with Gasteiger partial charge in [-0.1, -0.05) is 42.5 Å². The standard InChI is InChI=1S/C21H19NO3/c23-14-17-7-4-8-19(13-17)22-21(24)18-9-11-20(12-10-18)25-15-16-5-2-1-3-6-16/h1-13,23H,14-15H2,(H,22,24). The molecule has 126 valence electrons. The number of rotatable bonds is 6. The first-order valence-electron chi connectivity index (χ1n) is 8.02. The highest BCUT2D eigenvalue weighted by molar-refractivity contribution is 6.04. The third-order valence-corrected chi connectivity index (χ3v) is 3.73. The molecule has 3 aromatic rings. The van der Waals surface area contributed by atoms with Crippen molar-refractivity contribution in [2.45, 2.75) is 13.2 Å². The van der Waals surface area contributed by atoms with Gasteiger partial charge in [0.15, 0.2) is 0 Å². The fourth-order valence-electron chi connectivity index (χ4n) is 2.39. The van der Waals surface area contributed by atoms with Gasteiger partial charge < -0.3 is 15.2 Å². The van der Waals surface area contributed by atoms with Crippen LogP contribution in [-0.2, 0) is 13.2 Å². The van der Waals surface area contributed by atoms with E-state index in [4.69, 9.17) is 9.84 Å². The molecule has 0 aliphatic heterocycles. The van der Waals surface area contributed by atoms with Gasteiger partial charge >= 0.3 is 0 Å². The molecule has 0 aliphatic rings. The molecule has 0 spiro atoms. The molecular formula is C21H19NO3. The van der Waals surface area contributed by atoms with Crippen LogP contribution in [0, 0.1) is 0 Å². The summed E-state index contributed by atoms with van der Waals surface area (Å²) in [7, 11) is 0. The van der Waals surface area contributed by atoms with Crippen LogP contribution in [0.25, 0.3) is 0 Å². The third-order valence-electron chi connectivity index (χ3n) is 3.73. The number of amides is 1. The molecule has 25 heavy (non-hydrogen) atoms. The SMILES string of the molecule is O=C(Nc1cccc(CO)c1)c1ccc(OCc2ccccc2)cc1. The summed E-state index contributed by atoms with van der Waals surface area (Å²) in [6, 6.07) is 24.1. The summed E-state index contributed by atoms with van der Waals surface area (Å²) in [5.41, 5.74) is 3.04. The van der Waals surface area contributed by atoms with Gasteiger partial charge in [0.2, 0.25) is 0 Å². The predicted molar refractivity (Wildman–Crippen MR) is 97.5 cm³/mol. The minimum absolute atomic E-state index is 0.0584. The summed E-state index contributed by atoms with van der Waals surface area (Å²) in [5, 5.41) is 12.0. The van der Waals surface area contributed by atoms with Crippen LogP contribution < -0.4 is 10.1 Å². The summed E-state index contributed by atoms with van der Waals surface area (Å²) >= 11 is 0. The van der Waals surface area contributed by atoms with Crippen LogP contribution in [0.3, 0.4) is 0 Å². The Morgan fingerprint density at radius 3 is 2.32 bits per heavy atom. The van der Waals surface area contributed by atoms with Gasteiger partial charge in [0, 0.05) is 11.3 Å². The summed E-state index contributed by atoms with van der Waals surface area (Å²) in [5.74, 6) is 0.507. The van der Waals surface area contributed by atoms with Gasteiger partial charge in [0.05, 0.1) is 6.61 Å². The zero-order valence-corrected chi connectivity index (χ0v) is 13.7. The second kappa shape index (κ2) is 8.13. The molecule has 1 amide bonds. The van der Waals surface area contributed by atoms with Crippen molar-refractivity contribution < 1.29 is 14.6 Å². The van der Waals surface area contributed by atoms with Crippen LogP contribution in [0.4, 0.5) is 5.69 Å². The van der Waals surface area contributed by atoms with Crippen LogP contribution in [-0.4, -0.2) is 11.0 Å². The maximum absolute atomic E-state index is 12.3. The van der Waals surface area contributed by atoms with Crippen LogP contribution in [0.15, 0.2) is 78.9 Å². The Morgan fingerprint density at radius 2 is 1.60 bits per heavy atom. The topological polar surface area (TPSA) is 58.6 Å². The highest BCUT2D eigenvalue weighted by atomic mass is 16.5. The number of benzene rings is 3. The van der Waals surface area contributed by atoms with Crippen molar-refractivity contribution >= 4 is 11.6 Å². The maximum atomic E-state index is 12.3. The highest BCUT2D eigenvalue weighted by Crippen LogP contribution is 2.16. The number of carbonyl (C=O) groups excluding carboxylic acids is 1. The van der Waals surface area contributed by atoms with E-state index >= 15 is 0 Å². The van der Waals surface area contributed by atoms with E-state index in [1.165, 1.54) is 0 Å². The van der Waals surface area contributed by atoms with E-state index < -0.39 is 0 Å². The van der Waals surface area contributed by atoms with Crippen LogP contribution in [0.5, 0.6) is 5.75 Å². The number of nitrogens with one attached hydrogen (secondary N) is 1. The lowest BCUT2D eigenvalue weighted by Gasteiger charge is -2.09. The number of ether oxygens (including phenoxy) is 1. The quantitative estimate of drug-likeness (QED) is 0.716. The second-order valence-corrected chi connectivity index (χ2v) is 5.61. The van der Waals surface area contributed by atoms with Gasteiger partial charge in [0.25, 0.3) is 5.91 Å². The van der Waals surface area contributed by atoms with E-state index in [1.807, 2.05) is 30.3 Å². The molecule has 4 nitrogen and oxygen atoms in total. The fourth-order valence-corrected chi connectivity index (χ4v) is 2.39. The van der Waals surface area contributed by atoms with E-state index in [0.29, 0.717) is 23.6 Å². The van der Waals surface area contributed by atoms with Crippen LogP contribution in [0.2, 0.25) is 0 Å². The lowest BCUT2D eigenvalue weighted by Crippen LogP contribution is -2.11. The largest absolute Gasteiger partial charge is 0.489 e. The lowest BCUT2D eigenvalue weighted by molar-refractivity contribution is 0.102. The zero-order chi connectivity index (χ0) is 17.5. The molecule has 0 atom stereocenters. The van der Waals surface area contributed by atoms with E-state index in [1.54, 1.807) is 48.5 Å². The molecule has 0 fully saturated rings. The lowest BCUT2D eigenvalue weighted by atomic mass is 10.1. The van der Waals surface area contributed by atoms with Gasteiger partial charge in [-0.2, -0.15) is 0 Å². The molecule has 3 aromatic carbocycles. The van der Waals surface area contributed by atoms with Gasteiger partial charge in [-0.15, -0.1) is 0 Å². The molecule has 0 bridgehead atoms. The fraction of sp³-hybridized carbons (Fsp3) is 0.0952. The second-order valence-electron chi connectivity index (χ2n) is 5.61. The van der Waals surface area contributed by atoms with Gasteiger partial charge in [-0.3, -0.25) is 4.79 Å². The van der Waals surface area contributed by atoms with E-state index in [2.05, 4.69) is 5.32 Å². The van der Waals surface area contributed by atoms with Crippen molar-refractivity contribution in [2.24, 2.45) is 0 Å². The Hall–Kier alpha value is -3.11. The Balaban J connectivity index is 1.60. The Morgan fingerprint density at radius 1 is 0.880 bits per heavy atom. The van der Waals surface area contributed by atoms with Gasteiger partial charge in [-0.25, -0.2) is 0 Å². The molecule has 0 aromatic heterocycles. The number of hydrogen-bond donors (Lipinski definition) is 2. The Labute approximate surface area is 146 Å². The van der Waals surface area contributed by atoms with Crippen molar-refractivity contribution in [1.82, 2.24) is 0 Å². The Kier molecular flexibility index (Phi) is 5.44. The normalized spacial score (nSPS) is 10.3. The van der Waals surface area contributed by atoms with E-state index in [-0.39, 0.29) is 12.5 Å². The zero-order valence-electron chi connectivity index (χ0n) is 13.7.